The molecule has 0 heterocycles. The third-order valence-electron chi connectivity index (χ3n) is 7.96. The van der Waals surface area contributed by atoms with E-state index >= 15 is 0 Å². The van der Waals surface area contributed by atoms with Crippen molar-refractivity contribution >= 4 is 44.8 Å². The van der Waals surface area contributed by atoms with Crippen molar-refractivity contribution in [3.8, 4) is 5.75 Å². The molecule has 0 aliphatic heterocycles. The van der Waals surface area contributed by atoms with Gasteiger partial charge in [-0.05, 0) is 68.7 Å². The molecule has 1 atom stereocenters. The number of amides is 2. The molecule has 4 rings (SSSR count). The number of benzene rings is 4. The Morgan fingerprint density at radius 3 is 2.24 bits per heavy atom. The normalized spacial score (nSPS) is 11.9. The van der Waals surface area contributed by atoms with Crippen molar-refractivity contribution in [2.75, 3.05) is 18.0 Å². The van der Waals surface area contributed by atoms with Gasteiger partial charge in [0.1, 0.15) is 18.3 Å². The number of nitrogens with one attached hydrogen (secondary N) is 1. The molecule has 13 heteroatoms. The van der Waals surface area contributed by atoms with Crippen molar-refractivity contribution in [1.82, 2.24) is 10.2 Å². The highest BCUT2D eigenvalue weighted by molar-refractivity contribution is 7.92. The van der Waals surface area contributed by atoms with Crippen molar-refractivity contribution in [3.05, 3.63) is 128 Å². The standard InChI is InChI=1S/C36H39ClN4O7S/c1-24(2)38-36(43)33(19-27-12-7-6-8-13-27)39(22-28-14-10-9-11-25(28)3)35(42)23-40(32-20-29(37)16-18-34(32)48-5)49(46,47)30-17-15-26(4)31(21-30)41(44)45/h6-18,20-21,24,33H,19,22-23H2,1-5H3,(H,38,43)/t33-/m0/s1. The van der Waals surface area contributed by atoms with Crippen molar-refractivity contribution in [2.24, 2.45) is 0 Å². The number of nitro groups is 1. The third-order valence-corrected chi connectivity index (χ3v) is 9.95. The summed E-state index contributed by atoms with van der Waals surface area (Å²) in [4.78, 5) is 40.7. The van der Waals surface area contributed by atoms with Crippen LogP contribution in [0.15, 0.2) is 95.9 Å². The number of nitro benzene ring substituents is 1. The lowest BCUT2D eigenvalue weighted by atomic mass is 10.0. The van der Waals surface area contributed by atoms with Gasteiger partial charge in [0.05, 0.1) is 22.6 Å². The molecule has 0 aromatic heterocycles. The molecule has 0 aliphatic rings. The SMILES string of the molecule is COc1ccc(Cl)cc1N(CC(=O)N(Cc1ccccc1C)[C@@H](Cc1ccccc1)C(=O)NC(C)C)S(=O)(=O)c1ccc(C)c([N+](=O)[O-])c1. The fourth-order valence-corrected chi connectivity index (χ4v) is 6.95. The predicted molar refractivity (Wildman–Crippen MR) is 189 cm³/mol. The minimum Gasteiger partial charge on any atom is -0.495 e. The lowest BCUT2D eigenvalue weighted by Gasteiger charge is -2.34. The summed E-state index contributed by atoms with van der Waals surface area (Å²) in [6, 6.07) is 23.2. The Labute approximate surface area is 291 Å². The number of methoxy groups -OCH3 is 1. The number of hydrogen-bond donors (Lipinski definition) is 1. The maximum atomic E-state index is 14.7. The Morgan fingerprint density at radius 1 is 0.939 bits per heavy atom. The highest BCUT2D eigenvalue weighted by Crippen LogP contribution is 2.36. The molecule has 4 aromatic rings. The maximum Gasteiger partial charge on any atom is 0.273 e. The van der Waals surface area contributed by atoms with E-state index in [4.69, 9.17) is 16.3 Å². The summed E-state index contributed by atoms with van der Waals surface area (Å²) in [6.07, 6.45) is 0.147. The molecule has 258 valence electrons. The first-order valence-corrected chi connectivity index (χ1v) is 17.3. The number of hydrogen-bond acceptors (Lipinski definition) is 7. The molecule has 4 aromatic carbocycles. The Balaban J connectivity index is 1.90. The quantitative estimate of drug-likeness (QED) is 0.121. The smallest absolute Gasteiger partial charge is 0.273 e. The van der Waals surface area contributed by atoms with Gasteiger partial charge in [-0.1, -0.05) is 72.3 Å². The molecule has 49 heavy (non-hydrogen) atoms. The number of aryl methyl sites for hydroxylation is 2. The van der Waals surface area contributed by atoms with Crippen LogP contribution in [0.1, 0.15) is 36.1 Å². The van der Waals surface area contributed by atoms with Crippen molar-refractivity contribution < 1.29 is 27.7 Å². The van der Waals surface area contributed by atoms with Gasteiger partial charge in [0.25, 0.3) is 15.7 Å². The second-order valence-corrected chi connectivity index (χ2v) is 14.1. The minimum absolute atomic E-state index is 0.00884. The Kier molecular flexibility index (Phi) is 12.0. The first kappa shape index (κ1) is 36.9. The van der Waals surface area contributed by atoms with E-state index in [0.717, 1.165) is 27.1 Å². The highest BCUT2D eigenvalue weighted by Gasteiger charge is 2.36. The van der Waals surface area contributed by atoms with Gasteiger partial charge < -0.3 is 15.0 Å². The number of rotatable bonds is 14. The van der Waals surface area contributed by atoms with E-state index in [0.29, 0.717) is 0 Å². The predicted octanol–water partition coefficient (Wildman–Crippen LogP) is 6.23. The summed E-state index contributed by atoms with van der Waals surface area (Å²) >= 11 is 6.34. The third kappa shape index (κ3) is 8.95. The summed E-state index contributed by atoms with van der Waals surface area (Å²) < 4.78 is 35.2. The van der Waals surface area contributed by atoms with Crippen LogP contribution >= 0.6 is 11.6 Å². The van der Waals surface area contributed by atoms with E-state index in [-0.39, 0.29) is 41.0 Å². The second-order valence-electron chi connectivity index (χ2n) is 11.9. The zero-order chi connectivity index (χ0) is 35.9. The number of ether oxygens (including phenoxy) is 1. The van der Waals surface area contributed by atoms with E-state index < -0.39 is 49.9 Å². The topological polar surface area (TPSA) is 139 Å². The Morgan fingerprint density at radius 2 is 1.61 bits per heavy atom. The van der Waals surface area contributed by atoms with Gasteiger partial charge in [0.15, 0.2) is 0 Å². The summed E-state index contributed by atoms with van der Waals surface area (Å²) in [6.45, 7) is 6.21. The van der Waals surface area contributed by atoms with Crippen molar-refractivity contribution in [2.45, 2.75) is 57.6 Å². The molecule has 0 unspecified atom stereocenters. The van der Waals surface area contributed by atoms with Gasteiger partial charge in [-0.2, -0.15) is 0 Å². The lowest BCUT2D eigenvalue weighted by molar-refractivity contribution is -0.385. The van der Waals surface area contributed by atoms with E-state index in [1.807, 2.05) is 75.4 Å². The highest BCUT2D eigenvalue weighted by atomic mass is 35.5. The van der Waals surface area contributed by atoms with Crippen LogP contribution < -0.4 is 14.4 Å². The molecular weight excluding hydrogens is 668 g/mol. The van der Waals surface area contributed by atoms with Gasteiger partial charge >= 0.3 is 0 Å². The molecule has 0 saturated carbocycles. The van der Waals surface area contributed by atoms with Crippen LogP contribution in [0.5, 0.6) is 5.75 Å². The van der Waals surface area contributed by atoms with Crippen LogP contribution in [-0.4, -0.2) is 55.8 Å². The van der Waals surface area contributed by atoms with Gasteiger partial charge in [-0.15, -0.1) is 0 Å². The lowest BCUT2D eigenvalue weighted by Crippen LogP contribution is -2.54. The minimum atomic E-state index is -4.67. The molecule has 0 radical (unpaired) electrons. The molecule has 11 nitrogen and oxygen atoms in total. The molecule has 0 saturated heterocycles. The second kappa shape index (κ2) is 16.0. The van der Waals surface area contributed by atoms with E-state index in [1.165, 1.54) is 49.3 Å². The monoisotopic (exact) mass is 706 g/mol. The molecular formula is C36H39ClN4O7S. The number of anilines is 1. The largest absolute Gasteiger partial charge is 0.495 e. The van der Waals surface area contributed by atoms with Gasteiger partial charge in [0, 0.05) is 35.7 Å². The summed E-state index contributed by atoms with van der Waals surface area (Å²) in [5, 5.41) is 14.9. The first-order valence-electron chi connectivity index (χ1n) is 15.5. The summed E-state index contributed by atoms with van der Waals surface area (Å²) in [5.74, 6) is -1.02. The molecule has 1 N–H and O–H groups in total. The summed E-state index contributed by atoms with van der Waals surface area (Å²) in [5.41, 5.74) is 2.22. The number of carbonyl (C=O) groups is 2. The average molecular weight is 707 g/mol. The maximum absolute atomic E-state index is 14.7. The van der Waals surface area contributed by atoms with E-state index in [2.05, 4.69) is 5.32 Å². The van der Waals surface area contributed by atoms with Gasteiger partial charge in [-0.25, -0.2) is 8.42 Å². The van der Waals surface area contributed by atoms with Crippen LogP contribution in [-0.2, 0) is 32.6 Å². The van der Waals surface area contributed by atoms with Crippen LogP contribution in [0, 0.1) is 24.0 Å². The number of sulfonamides is 1. The number of nitrogens with zero attached hydrogens (tertiary/aromatic N) is 3. The van der Waals surface area contributed by atoms with Crippen LogP contribution in [0.25, 0.3) is 0 Å². The molecule has 2 amide bonds. The average Bonchev–Trinajstić information content (AvgIpc) is 3.05. The fourth-order valence-electron chi connectivity index (χ4n) is 5.35. The first-order chi connectivity index (χ1) is 23.2. The fraction of sp³-hybridized carbons (Fsp3) is 0.278. The van der Waals surface area contributed by atoms with E-state index in [1.54, 1.807) is 0 Å². The van der Waals surface area contributed by atoms with E-state index in [9.17, 15) is 28.1 Å². The van der Waals surface area contributed by atoms with Crippen LogP contribution in [0.3, 0.4) is 0 Å². The molecule has 0 fully saturated rings. The molecule has 0 spiro atoms. The van der Waals surface area contributed by atoms with Gasteiger partial charge in [0.2, 0.25) is 11.8 Å². The van der Waals surface area contributed by atoms with Crippen LogP contribution in [0.4, 0.5) is 11.4 Å². The molecule has 0 aliphatic carbocycles. The Hall–Kier alpha value is -4.94. The van der Waals surface area contributed by atoms with Crippen LogP contribution in [0.2, 0.25) is 5.02 Å². The number of halogens is 1. The summed E-state index contributed by atoms with van der Waals surface area (Å²) in [7, 11) is -3.33. The zero-order valence-corrected chi connectivity index (χ0v) is 29.5. The number of carbonyl (C=O) groups excluding carboxylic acids is 2. The van der Waals surface area contributed by atoms with Crippen molar-refractivity contribution in [3.63, 3.8) is 0 Å². The zero-order valence-electron chi connectivity index (χ0n) is 27.9. The molecule has 0 bridgehead atoms. The Bertz CT molecular complexity index is 1940. The van der Waals surface area contributed by atoms with Crippen molar-refractivity contribution in [1.29, 1.82) is 0 Å². The van der Waals surface area contributed by atoms with Gasteiger partial charge in [-0.3, -0.25) is 24.0 Å².